The second-order valence-corrected chi connectivity index (χ2v) is 3.61. The number of rotatable bonds is 0. The van der Waals surface area contributed by atoms with Crippen LogP contribution in [0.25, 0.3) is 0 Å². The van der Waals surface area contributed by atoms with Gasteiger partial charge in [0.05, 0.1) is 11.3 Å². The molecule has 2 N–H and O–H groups in total. The lowest BCUT2D eigenvalue weighted by Gasteiger charge is -2.18. The van der Waals surface area contributed by atoms with E-state index in [1.807, 2.05) is 5.32 Å². The van der Waals surface area contributed by atoms with Crippen LogP contribution in [-0.2, 0) is 15.8 Å². The molecule has 1 aromatic rings. The molecule has 1 amide bonds. The molecule has 1 aromatic carbocycles. The lowest BCUT2D eigenvalue weighted by molar-refractivity contribution is -0.140. The molecule has 19 heavy (non-hydrogen) atoms. The summed E-state index contributed by atoms with van der Waals surface area (Å²) in [5.41, 5.74) is -3.28. The van der Waals surface area contributed by atoms with Gasteiger partial charge in [-0.15, -0.1) is 0 Å². The number of alkyl halides is 3. The van der Waals surface area contributed by atoms with Gasteiger partial charge in [0.1, 0.15) is 5.82 Å². The SMILES string of the molecule is O=C1Nc2cc(C(F)(F)F)c(F)cc2C(=NO)C1=O. The zero-order valence-corrected chi connectivity index (χ0v) is 8.88. The van der Waals surface area contributed by atoms with Gasteiger partial charge in [0, 0.05) is 5.56 Å². The van der Waals surface area contributed by atoms with Crippen molar-refractivity contribution in [2.75, 3.05) is 5.32 Å². The highest BCUT2D eigenvalue weighted by atomic mass is 19.4. The van der Waals surface area contributed by atoms with E-state index < -0.39 is 46.2 Å². The van der Waals surface area contributed by atoms with Crippen LogP contribution in [0.4, 0.5) is 23.2 Å². The Balaban J connectivity index is 2.69. The molecular weight excluding hydrogens is 272 g/mol. The number of amides is 1. The Bertz CT molecular complexity index is 622. The monoisotopic (exact) mass is 276 g/mol. The topological polar surface area (TPSA) is 78.8 Å². The van der Waals surface area contributed by atoms with Gasteiger partial charge in [-0.2, -0.15) is 13.2 Å². The summed E-state index contributed by atoms with van der Waals surface area (Å²) in [5, 5.41) is 13.0. The molecule has 0 saturated heterocycles. The highest BCUT2D eigenvalue weighted by Crippen LogP contribution is 2.35. The summed E-state index contributed by atoms with van der Waals surface area (Å²) in [6.45, 7) is 0. The number of benzene rings is 1. The van der Waals surface area contributed by atoms with Crippen molar-refractivity contribution in [3.05, 3.63) is 29.1 Å². The number of carbonyl (C=O) groups is 2. The van der Waals surface area contributed by atoms with Crippen molar-refractivity contribution < 1.29 is 32.4 Å². The number of nitrogens with zero attached hydrogens (tertiary/aromatic N) is 1. The average molecular weight is 276 g/mol. The first-order valence-corrected chi connectivity index (χ1v) is 4.74. The number of halogens is 4. The Morgan fingerprint density at radius 3 is 2.37 bits per heavy atom. The molecule has 0 bridgehead atoms. The van der Waals surface area contributed by atoms with Crippen LogP contribution in [-0.4, -0.2) is 22.6 Å². The molecule has 9 heteroatoms. The molecule has 0 atom stereocenters. The third-order valence-electron chi connectivity index (χ3n) is 2.44. The highest BCUT2D eigenvalue weighted by molar-refractivity contribution is 6.72. The van der Waals surface area contributed by atoms with Crippen LogP contribution in [0.5, 0.6) is 0 Å². The number of ketones is 1. The molecule has 1 aliphatic rings. The summed E-state index contributed by atoms with van der Waals surface area (Å²) < 4.78 is 50.7. The number of hydrogen-bond donors (Lipinski definition) is 2. The average Bonchev–Trinajstić information content (AvgIpc) is 2.30. The van der Waals surface area contributed by atoms with Crippen LogP contribution in [0.3, 0.4) is 0 Å². The minimum absolute atomic E-state index is 0.334. The number of anilines is 1. The van der Waals surface area contributed by atoms with Crippen molar-refractivity contribution in [1.82, 2.24) is 0 Å². The van der Waals surface area contributed by atoms with Crippen molar-refractivity contribution in [2.45, 2.75) is 6.18 Å². The van der Waals surface area contributed by atoms with E-state index in [0.29, 0.717) is 12.1 Å². The lowest BCUT2D eigenvalue weighted by atomic mass is 9.97. The highest BCUT2D eigenvalue weighted by Gasteiger charge is 2.38. The molecule has 0 fully saturated rings. The van der Waals surface area contributed by atoms with E-state index >= 15 is 0 Å². The number of hydrogen-bond acceptors (Lipinski definition) is 4. The molecule has 1 heterocycles. The van der Waals surface area contributed by atoms with Gasteiger partial charge in [-0.25, -0.2) is 4.39 Å². The summed E-state index contributed by atoms with van der Waals surface area (Å²) in [5.74, 6) is -4.18. The molecule has 0 aromatic heterocycles. The Morgan fingerprint density at radius 2 is 1.84 bits per heavy atom. The Labute approximate surface area is 102 Å². The van der Waals surface area contributed by atoms with E-state index in [0.717, 1.165) is 0 Å². The van der Waals surface area contributed by atoms with Crippen molar-refractivity contribution in [2.24, 2.45) is 5.16 Å². The second-order valence-electron chi connectivity index (χ2n) is 3.61. The molecule has 5 nitrogen and oxygen atoms in total. The molecule has 100 valence electrons. The van der Waals surface area contributed by atoms with Gasteiger partial charge < -0.3 is 10.5 Å². The van der Waals surface area contributed by atoms with Crippen LogP contribution >= 0.6 is 0 Å². The van der Waals surface area contributed by atoms with E-state index in [-0.39, 0.29) is 0 Å². The van der Waals surface area contributed by atoms with Gasteiger partial charge in [0.15, 0.2) is 5.71 Å². The number of oxime groups is 1. The van der Waals surface area contributed by atoms with E-state index in [1.165, 1.54) is 0 Å². The summed E-state index contributed by atoms with van der Waals surface area (Å²) in [6.07, 6.45) is -4.96. The maximum absolute atomic E-state index is 13.3. The summed E-state index contributed by atoms with van der Waals surface area (Å²) in [6, 6.07) is 0.713. The number of carbonyl (C=O) groups excluding carboxylic acids is 2. The standard InChI is InChI=1S/C10H4F4N2O3/c11-5-1-3-6(2-4(5)10(12,13)14)15-9(18)8(17)7(3)16-19/h1-2,19H,(H,15,18). The largest absolute Gasteiger partial charge is 0.419 e. The predicted molar refractivity (Wildman–Crippen MR) is 53.4 cm³/mol. The van der Waals surface area contributed by atoms with Crippen LogP contribution in [0, 0.1) is 5.82 Å². The van der Waals surface area contributed by atoms with Gasteiger partial charge in [-0.1, -0.05) is 5.16 Å². The minimum Gasteiger partial charge on any atom is -0.410 e. The van der Waals surface area contributed by atoms with Gasteiger partial charge in [0.2, 0.25) is 0 Å². The van der Waals surface area contributed by atoms with Crippen LogP contribution < -0.4 is 5.32 Å². The van der Waals surface area contributed by atoms with Gasteiger partial charge in [-0.05, 0) is 12.1 Å². The smallest absolute Gasteiger partial charge is 0.410 e. The quantitative estimate of drug-likeness (QED) is 0.326. The van der Waals surface area contributed by atoms with Crippen LogP contribution in [0.15, 0.2) is 17.3 Å². The normalized spacial score (nSPS) is 17.4. The van der Waals surface area contributed by atoms with Crippen LogP contribution in [0.1, 0.15) is 11.1 Å². The molecule has 0 radical (unpaired) electrons. The molecular formula is C10H4F4N2O3. The lowest BCUT2D eigenvalue weighted by Crippen LogP contribution is -2.36. The first-order valence-electron chi connectivity index (χ1n) is 4.74. The molecule has 0 unspecified atom stereocenters. The number of fused-ring (bicyclic) bond motifs is 1. The zero-order valence-electron chi connectivity index (χ0n) is 8.88. The minimum atomic E-state index is -4.96. The predicted octanol–water partition coefficient (Wildman–Crippen LogP) is 1.54. The fraction of sp³-hybridized carbons (Fsp3) is 0.100. The number of nitrogens with one attached hydrogen (secondary N) is 1. The van der Waals surface area contributed by atoms with Crippen molar-refractivity contribution in [3.63, 3.8) is 0 Å². The summed E-state index contributed by atoms with van der Waals surface area (Å²) in [7, 11) is 0. The van der Waals surface area contributed by atoms with E-state index in [4.69, 9.17) is 5.21 Å². The maximum Gasteiger partial charge on any atom is 0.419 e. The Kier molecular flexibility index (Phi) is 2.76. The first kappa shape index (κ1) is 13.0. The van der Waals surface area contributed by atoms with E-state index in [2.05, 4.69) is 5.16 Å². The molecule has 2 rings (SSSR count). The fourth-order valence-electron chi connectivity index (χ4n) is 1.60. The van der Waals surface area contributed by atoms with Crippen LogP contribution in [0.2, 0.25) is 0 Å². The second kappa shape index (κ2) is 4.04. The Hall–Kier alpha value is -2.45. The maximum atomic E-state index is 13.3. The van der Waals surface area contributed by atoms with Crippen molar-refractivity contribution >= 4 is 23.1 Å². The molecule has 1 aliphatic heterocycles. The molecule has 0 saturated carbocycles. The fourth-order valence-corrected chi connectivity index (χ4v) is 1.60. The summed E-state index contributed by atoms with van der Waals surface area (Å²) >= 11 is 0. The van der Waals surface area contributed by atoms with Gasteiger partial charge in [-0.3, -0.25) is 9.59 Å². The number of Topliss-reactive ketones (excluding diaryl/α,β-unsaturated/α-hetero) is 1. The Morgan fingerprint density at radius 1 is 1.21 bits per heavy atom. The van der Waals surface area contributed by atoms with E-state index in [1.54, 1.807) is 0 Å². The van der Waals surface area contributed by atoms with Crippen molar-refractivity contribution in [1.29, 1.82) is 0 Å². The zero-order chi connectivity index (χ0) is 14.4. The van der Waals surface area contributed by atoms with Gasteiger partial charge in [0.25, 0.3) is 11.7 Å². The molecule has 0 aliphatic carbocycles. The van der Waals surface area contributed by atoms with Gasteiger partial charge >= 0.3 is 6.18 Å². The van der Waals surface area contributed by atoms with Crippen molar-refractivity contribution in [3.8, 4) is 0 Å². The third kappa shape index (κ3) is 2.02. The molecule has 0 spiro atoms. The third-order valence-corrected chi connectivity index (χ3v) is 2.44. The first-order chi connectivity index (χ1) is 8.75. The van der Waals surface area contributed by atoms with E-state index in [9.17, 15) is 27.2 Å². The summed E-state index contributed by atoms with van der Waals surface area (Å²) in [4.78, 5) is 22.4.